The van der Waals surface area contributed by atoms with Crippen molar-refractivity contribution in [3.8, 4) is 11.4 Å². The van der Waals surface area contributed by atoms with E-state index in [1.165, 1.54) is 4.80 Å². The number of benzene rings is 2. The highest BCUT2D eigenvalue weighted by molar-refractivity contribution is 5.74. The second-order valence-corrected chi connectivity index (χ2v) is 7.12. The van der Waals surface area contributed by atoms with Crippen LogP contribution in [0.5, 0.6) is 5.75 Å². The van der Waals surface area contributed by atoms with Crippen LogP contribution in [0.15, 0.2) is 36.4 Å². The van der Waals surface area contributed by atoms with Crippen molar-refractivity contribution in [2.75, 3.05) is 0 Å². The largest absolute Gasteiger partial charge is 0.505 e. The first-order chi connectivity index (χ1) is 11.8. The van der Waals surface area contributed by atoms with Gasteiger partial charge in [0.15, 0.2) is 0 Å². The van der Waals surface area contributed by atoms with Gasteiger partial charge in [-0.15, -0.1) is 15.0 Å². The van der Waals surface area contributed by atoms with Gasteiger partial charge in [-0.25, -0.2) is 0 Å². The first kappa shape index (κ1) is 17.0. The van der Waals surface area contributed by atoms with Crippen LogP contribution in [0.3, 0.4) is 0 Å². The van der Waals surface area contributed by atoms with Crippen LogP contribution in [0.4, 0.5) is 0 Å². The molecular formula is C19H21N3O3. The summed E-state index contributed by atoms with van der Waals surface area (Å²) in [4.78, 5) is 12.3. The van der Waals surface area contributed by atoms with Crippen molar-refractivity contribution < 1.29 is 15.0 Å². The number of carbonyl (C=O) groups is 1. The Morgan fingerprint density at radius 1 is 1.12 bits per heavy atom. The smallest absolute Gasteiger partial charge is 0.303 e. The summed E-state index contributed by atoms with van der Waals surface area (Å²) in [6.07, 6.45) is 0.202. The molecule has 0 aliphatic heterocycles. The summed E-state index contributed by atoms with van der Waals surface area (Å²) in [6.45, 7) is 6.20. The molecule has 0 atom stereocenters. The molecule has 3 aromatic rings. The molecule has 0 aliphatic rings. The lowest BCUT2D eigenvalue weighted by Gasteiger charge is -2.22. The van der Waals surface area contributed by atoms with E-state index in [-0.39, 0.29) is 24.0 Å². The summed E-state index contributed by atoms with van der Waals surface area (Å²) in [7, 11) is 0. The maximum atomic E-state index is 10.9. The van der Waals surface area contributed by atoms with Gasteiger partial charge in [0, 0.05) is 6.42 Å². The molecule has 2 N–H and O–H groups in total. The average molecular weight is 339 g/mol. The summed E-state index contributed by atoms with van der Waals surface area (Å²) in [5, 5.41) is 28.5. The minimum Gasteiger partial charge on any atom is -0.505 e. The quantitative estimate of drug-likeness (QED) is 0.760. The molecule has 6 nitrogen and oxygen atoms in total. The fraction of sp³-hybridized carbons (Fsp3) is 0.316. The van der Waals surface area contributed by atoms with E-state index in [1.807, 2.05) is 36.4 Å². The molecule has 0 spiro atoms. The van der Waals surface area contributed by atoms with Gasteiger partial charge in [0.1, 0.15) is 22.5 Å². The molecule has 3 rings (SSSR count). The number of nitrogens with zero attached hydrogens (tertiary/aromatic N) is 3. The minimum absolute atomic E-state index is 0.0227. The first-order valence-corrected chi connectivity index (χ1v) is 8.16. The van der Waals surface area contributed by atoms with Crippen LogP contribution < -0.4 is 0 Å². The van der Waals surface area contributed by atoms with Gasteiger partial charge in [0.2, 0.25) is 0 Å². The van der Waals surface area contributed by atoms with Crippen LogP contribution in [0.25, 0.3) is 16.7 Å². The molecule has 1 heterocycles. The van der Waals surface area contributed by atoms with Crippen LogP contribution in [0.1, 0.15) is 38.3 Å². The average Bonchev–Trinajstić information content (AvgIpc) is 2.96. The number of fused-ring (bicyclic) bond motifs is 1. The molecule has 130 valence electrons. The van der Waals surface area contributed by atoms with Gasteiger partial charge in [-0.2, -0.15) is 0 Å². The van der Waals surface area contributed by atoms with Crippen molar-refractivity contribution in [1.82, 2.24) is 15.0 Å². The SMILES string of the molecule is CC(C)(C)c1cc(CCC(=O)O)c(O)c(-n2nc3ccccc3n2)c1. The number of aryl methyl sites for hydroxylation is 1. The van der Waals surface area contributed by atoms with E-state index in [1.54, 1.807) is 0 Å². The zero-order valence-corrected chi connectivity index (χ0v) is 14.5. The van der Waals surface area contributed by atoms with Crippen LogP contribution in [-0.2, 0) is 16.6 Å². The van der Waals surface area contributed by atoms with E-state index in [4.69, 9.17) is 5.11 Å². The van der Waals surface area contributed by atoms with Gasteiger partial charge >= 0.3 is 5.97 Å². The molecule has 0 amide bonds. The van der Waals surface area contributed by atoms with Gasteiger partial charge in [0.25, 0.3) is 0 Å². The van der Waals surface area contributed by atoms with Crippen molar-refractivity contribution >= 4 is 17.0 Å². The molecule has 0 unspecified atom stereocenters. The number of carboxylic acid groups (broad SMARTS) is 1. The van der Waals surface area contributed by atoms with Gasteiger partial charge in [-0.3, -0.25) is 4.79 Å². The monoisotopic (exact) mass is 339 g/mol. The van der Waals surface area contributed by atoms with Gasteiger partial charge in [-0.05, 0) is 41.2 Å². The molecule has 0 saturated heterocycles. The molecule has 0 bridgehead atoms. The number of hydrogen-bond donors (Lipinski definition) is 2. The lowest BCUT2D eigenvalue weighted by Crippen LogP contribution is -2.14. The molecule has 2 aromatic carbocycles. The Bertz CT molecular complexity index is 906. The predicted molar refractivity (Wildman–Crippen MR) is 95.2 cm³/mol. The zero-order valence-electron chi connectivity index (χ0n) is 14.5. The zero-order chi connectivity index (χ0) is 18.2. The third kappa shape index (κ3) is 3.47. The standard InChI is InChI=1S/C19H21N3O3/c1-19(2,3)13-10-12(8-9-17(23)24)18(25)16(11-13)22-20-14-6-4-5-7-15(14)21-22/h4-7,10-11,25H,8-9H2,1-3H3,(H,23,24). The van der Waals surface area contributed by atoms with Crippen LogP contribution in [-0.4, -0.2) is 31.2 Å². The number of aromatic nitrogens is 3. The maximum Gasteiger partial charge on any atom is 0.303 e. The van der Waals surface area contributed by atoms with Crippen molar-refractivity contribution in [2.24, 2.45) is 0 Å². The normalized spacial score (nSPS) is 11.8. The van der Waals surface area contributed by atoms with E-state index < -0.39 is 5.97 Å². The Labute approximate surface area is 145 Å². The summed E-state index contributed by atoms with van der Waals surface area (Å²) in [5.41, 5.74) is 3.34. The Hall–Kier alpha value is -2.89. The topological polar surface area (TPSA) is 88.2 Å². The summed E-state index contributed by atoms with van der Waals surface area (Å²) < 4.78 is 0. The Kier molecular flexibility index (Phi) is 4.20. The van der Waals surface area contributed by atoms with Crippen LogP contribution in [0, 0.1) is 0 Å². The second-order valence-electron chi connectivity index (χ2n) is 7.12. The fourth-order valence-corrected chi connectivity index (χ4v) is 2.66. The van der Waals surface area contributed by atoms with Crippen molar-refractivity contribution in [2.45, 2.75) is 39.0 Å². The maximum absolute atomic E-state index is 10.9. The van der Waals surface area contributed by atoms with E-state index in [2.05, 4.69) is 31.0 Å². The molecule has 25 heavy (non-hydrogen) atoms. The van der Waals surface area contributed by atoms with Gasteiger partial charge < -0.3 is 10.2 Å². The number of hydrogen-bond acceptors (Lipinski definition) is 4. The van der Waals surface area contributed by atoms with Gasteiger partial charge in [0.05, 0.1) is 0 Å². The highest BCUT2D eigenvalue weighted by Crippen LogP contribution is 2.33. The number of rotatable bonds is 4. The highest BCUT2D eigenvalue weighted by atomic mass is 16.4. The predicted octanol–water partition coefficient (Wildman–Crippen LogP) is 3.44. The highest BCUT2D eigenvalue weighted by Gasteiger charge is 2.21. The van der Waals surface area contributed by atoms with Gasteiger partial charge in [-0.1, -0.05) is 39.0 Å². The summed E-state index contributed by atoms with van der Waals surface area (Å²) in [5.74, 6) is -0.875. The molecule has 6 heteroatoms. The third-order valence-electron chi connectivity index (χ3n) is 4.15. The number of aliphatic carboxylic acids is 1. The minimum atomic E-state index is -0.898. The fourth-order valence-electron chi connectivity index (χ4n) is 2.66. The number of aromatic hydroxyl groups is 1. The van der Waals surface area contributed by atoms with E-state index in [0.717, 1.165) is 16.6 Å². The molecule has 0 saturated carbocycles. The molecule has 0 fully saturated rings. The molecular weight excluding hydrogens is 318 g/mol. The molecule has 1 aromatic heterocycles. The lowest BCUT2D eigenvalue weighted by atomic mass is 9.85. The third-order valence-corrected chi connectivity index (χ3v) is 4.15. The van der Waals surface area contributed by atoms with E-state index in [9.17, 15) is 9.90 Å². The number of carboxylic acids is 1. The number of phenols is 1. The van der Waals surface area contributed by atoms with Crippen LogP contribution >= 0.6 is 0 Å². The van der Waals surface area contributed by atoms with E-state index in [0.29, 0.717) is 11.3 Å². The van der Waals surface area contributed by atoms with Crippen molar-refractivity contribution in [1.29, 1.82) is 0 Å². The Balaban J connectivity index is 2.16. The molecule has 0 radical (unpaired) electrons. The number of phenolic OH excluding ortho intramolecular Hbond substituents is 1. The van der Waals surface area contributed by atoms with Crippen LogP contribution in [0.2, 0.25) is 0 Å². The molecule has 0 aliphatic carbocycles. The first-order valence-electron chi connectivity index (χ1n) is 8.16. The van der Waals surface area contributed by atoms with E-state index >= 15 is 0 Å². The van der Waals surface area contributed by atoms with Crippen molar-refractivity contribution in [3.05, 3.63) is 47.5 Å². The van der Waals surface area contributed by atoms with Crippen molar-refractivity contribution in [3.63, 3.8) is 0 Å². The lowest BCUT2D eigenvalue weighted by molar-refractivity contribution is -0.136. The Morgan fingerprint density at radius 3 is 2.24 bits per heavy atom. The Morgan fingerprint density at radius 2 is 1.72 bits per heavy atom. The summed E-state index contributed by atoms with van der Waals surface area (Å²) in [6, 6.07) is 11.2. The summed E-state index contributed by atoms with van der Waals surface area (Å²) >= 11 is 0. The second kappa shape index (κ2) is 6.20.